The molecular weight excluding hydrogens is 296 g/mol. The van der Waals surface area contributed by atoms with Crippen LogP contribution in [0.1, 0.15) is 17.4 Å². The summed E-state index contributed by atoms with van der Waals surface area (Å²) in [5.74, 6) is 0. The number of thiophene rings is 1. The Kier molecular flexibility index (Phi) is 3.73. The molecule has 2 aromatic heterocycles. The van der Waals surface area contributed by atoms with Crippen molar-refractivity contribution in [1.29, 1.82) is 0 Å². The third-order valence-electron chi connectivity index (χ3n) is 2.97. The number of aryl methyl sites for hydroxylation is 1. The lowest BCUT2D eigenvalue weighted by molar-refractivity contribution is 1.08. The molecule has 0 fully saturated rings. The van der Waals surface area contributed by atoms with E-state index in [0.717, 1.165) is 33.3 Å². The van der Waals surface area contributed by atoms with Gasteiger partial charge in [0.2, 0.25) is 0 Å². The number of nitrogens with zero attached hydrogens (tertiary/aromatic N) is 1. The fourth-order valence-corrected chi connectivity index (χ4v) is 3.89. The number of hydrogen-bond donors (Lipinski definition) is 1. The molecule has 0 aliphatic carbocycles. The molecule has 0 unspecified atom stereocenters. The van der Waals surface area contributed by atoms with Crippen molar-refractivity contribution < 1.29 is 0 Å². The predicted molar refractivity (Wildman–Crippen MR) is 85.7 cm³/mol. The molecule has 0 saturated heterocycles. The van der Waals surface area contributed by atoms with Crippen molar-refractivity contribution in [3.05, 3.63) is 45.1 Å². The van der Waals surface area contributed by atoms with Crippen LogP contribution in [-0.2, 0) is 13.0 Å². The Morgan fingerprint density at radius 3 is 3.05 bits per heavy atom. The first-order valence-corrected chi connectivity index (χ1v) is 8.19. The highest BCUT2D eigenvalue weighted by atomic mass is 35.5. The van der Waals surface area contributed by atoms with E-state index in [0.29, 0.717) is 0 Å². The van der Waals surface area contributed by atoms with Crippen molar-refractivity contribution in [2.24, 2.45) is 0 Å². The Hall–Kier alpha value is -1.10. The van der Waals surface area contributed by atoms with E-state index in [-0.39, 0.29) is 0 Å². The summed E-state index contributed by atoms with van der Waals surface area (Å²) >= 11 is 9.43. The van der Waals surface area contributed by atoms with Crippen LogP contribution in [0.25, 0.3) is 10.2 Å². The number of halogens is 1. The number of fused-ring (bicyclic) bond motifs is 1. The fraction of sp³-hybridized carbons (Fsp3) is 0.214. The zero-order chi connectivity index (χ0) is 13.2. The highest BCUT2D eigenvalue weighted by molar-refractivity contribution is 7.22. The lowest BCUT2D eigenvalue weighted by Crippen LogP contribution is -1.98. The van der Waals surface area contributed by atoms with Gasteiger partial charge >= 0.3 is 0 Å². The summed E-state index contributed by atoms with van der Waals surface area (Å²) in [7, 11) is 0. The van der Waals surface area contributed by atoms with Gasteiger partial charge in [-0.1, -0.05) is 29.9 Å². The number of benzene rings is 1. The number of nitrogens with one attached hydrogen (secondary N) is 1. The van der Waals surface area contributed by atoms with Gasteiger partial charge in [-0.25, -0.2) is 4.98 Å². The van der Waals surface area contributed by atoms with Gasteiger partial charge in [-0.05, 0) is 41.6 Å². The molecule has 98 valence electrons. The Balaban J connectivity index is 1.78. The van der Waals surface area contributed by atoms with E-state index >= 15 is 0 Å². The van der Waals surface area contributed by atoms with Crippen LogP contribution in [-0.4, -0.2) is 4.98 Å². The van der Waals surface area contributed by atoms with Crippen molar-refractivity contribution in [3.8, 4) is 0 Å². The largest absolute Gasteiger partial charge is 0.357 e. The standard InChI is InChI=1S/C14H13ClN2S2/c1-2-9-5-6-18-13(9)8-16-14-17-11-7-10(15)3-4-12(11)19-14/h3-7H,2,8H2,1H3,(H,16,17). The van der Waals surface area contributed by atoms with Gasteiger partial charge in [0.15, 0.2) is 5.13 Å². The van der Waals surface area contributed by atoms with Crippen LogP contribution in [0.3, 0.4) is 0 Å². The highest BCUT2D eigenvalue weighted by Gasteiger charge is 2.06. The maximum absolute atomic E-state index is 5.97. The first-order chi connectivity index (χ1) is 9.26. The van der Waals surface area contributed by atoms with Gasteiger partial charge in [-0.2, -0.15) is 0 Å². The Bertz CT molecular complexity index is 702. The summed E-state index contributed by atoms with van der Waals surface area (Å²) in [5.41, 5.74) is 2.38. The van der Waals surface area contributed by atoms with E-state index in [1.807, 2.05) is 18.2 Å². The van der Waals surface area contributed by atoms with Crippen LogP contribution in [0.4, 0.5) is 5.13 Å². The average molecular weight is 309 g/mol. The number of aromatic nitrogens is 1. The number of rotatable bonds is 4. The lowest BCUT2D eigenvalue weighted by atomic mass is 10.2. The summed E-state index contributed by atoms with van der Waals surface area (Å²) in [6.45, 7) is 3.03. The second-order valence-electron chi connectivity index (χ2n) is 4.21. The van der Waals surface area contributed by atoms with Crippen LogP contribution >= 0.6 is 34.3 Å². The Morgan fingerprint density at radius 2 is 2.21 bits per heavy atom. The minimum atomic E-state index is 0.732. The first kappa shape index (κ1) is 12.9. The molecule has 19 heavy (non-hydrogen) atoms. The maximum atomic E-state index is 5.97. The zero-order valence-corrected chi connectivity index (χ0v) is 12.8. The smallest absolute Gasteiger partial charge is 0.184 e. The molecule has 1 aromatic carbocycles. The molecular formula is C14H13ClN2S2. The molecule has 0 bridgehead atoms. The van der Waals surface area contributed by atoms with E-state index < -0.39 is 0 Å². The topological polar surface area (TPSA) is 24.9 Å². The van der Waals surface area contributed by atoms with E-state index in [4.69, 9.17) is 11.6 Å². The zero-order valence-electron chi connectivity index (χ0n) is 10.4. The maximum Gasteiger partial charge on any atom is 0.184 e. The molecule has 0 spiro atoms. The fourth-order valence-electron chi connectivity index (χ4n) is 1.97. The van der Waals surface area contributed by atoms with Gasteiger partial charge in [0, 0.05) is 9.90 Å². The van der Waals surface area contributed by atoms with Gasteiger partial charge in [0.05, 0.1) is 16.8 Å². The summed E-state index contributed by atoms with van der Waals surface area (Å²) in [6.07, 6.45) is 1.08. The van der Waals surface area contributed by atoms with Crippen molar-refractivity contribution in [2.75, 3.05) is 5.32 Å². The van der Waals surface area contributed by atoms with Crippen LogP contribution in [0.5, 0.6) is 0 Å². The monoisotopic (exact) mass is 308 g/mol. The Morgan fingerprint density at radius 1 is 1.32 bits per heavy atom. The Labute approximate surface area is 125 Å². The summed E-state index contributed by atoms with van der Waals surface area (Å²) in [5, 5.41) is 7.24. The van der Waals surface area contributed by atoms with Crippen molar-refractivity contribution in [3.63, 3.8) is 0 Å². The minimum Gasteiger partial charge on any atom is -0.357 e. The van der Waals surface area contributed by atoms with E-state index in [1.54, 1.807) is 22.7 Å². The molecule has 0 radical (unpaired) electrons. The van der Waals surface area contributed by atoms with E-state index in [2.05, 4.69) is 28.7 Å². The lowest BCUT2D eigenvalue weighted by Gasteiger charge is -2.02. The summed E-state index contributed by atoms with van der Waals surface area (Å²) in [6, 6.07) is 8.02. The third kappa shape index (κ3) is 2.76. The molecule has 5 heteroatoms. The molecule has 2 nitrogen and oxygen atoms in total. The molecule has 0 amide bonds. The van der Waals surface area contributed by atoms with Crippen molar-refractivity contribution in [2.45, 2.75) is 19.9 Å². The van der Waals surface area contributed by atoms with Crippen LogP contribution in [0.2, 0.25) is 5.02 Å². The van der Waals surface area contributed by atoms with Gasteiger partial charge in [0.1, 0.15) is 0 Å². The summed E-state index contributed by atoms with van der Waals surface area (Å²) < 4.78 is 1.16. The highest BCUT2D eigenvalue weighted by Crippen LogP contribution is 2.29. The molecule has 0 aliphatic heterocycles. The number of hydrogen-bond acceptors (Lipinski definition) is 4. The molecule has 3 aromatic rings. The molecule has 0 atom stereocenters. The van der Waals surface area contributed by atoms with Gasteiger partial charge in [-0.3, -0.25) is 0 Å². The molecule has 3 rings (SSSR count). The van der Waals surface area contributed by atoms with Crippen LogP contribution in [0, 0.1) is 0 Å². The van der Waals surface area contributed by atoms with Crippen LogP contribution < -0.4 is 5.32 Å². The predicted octanol–water partition coefficient (Wildman–Crippen LogP) is 5.19. The van der Waals surface area contributed by atoms with E-state index in [9.17, 15) is 0 Å². The molecule has 0 aliphatic rings. The molecule has 0 saturated carbocycles. The van der Waals surface area contributed by atoms with Crippen LogP contribution in [0.15, 0.2) is 29.6 Å². The quantitative estimate of drug-likeness (QED) is 0.718. The van der Waals surface area contributed by atoms with E-state index in [1.165, 1.54) is 10.4 Å². The van der Waals surface area contributed by atoms with Crippen molar-refractivity contribution >= 4 is 49.6 Å². The van der Waals surface area contributed by atoms with Gasteiger partial charge in [0.25, 0.3) is 0 Å². The minimum absolute atomic E-state index is 0.732. The normalized spacial score (nSPS) is 11.1. The summed E-state index contributed by atoms with van der Waals surface area (Å²) in [4.78, 5) is 5.94. The molecule has 1 N–H and O–H groups in total. The SMILES string of the molecule is CCc1ccsc1CNc1nc2cc(Cl)ccc2s1. The number of anilines is 1. The van der Waals surface area contributed by atoms with Crippen molar-refractivity contribution in [1.82, 2.24) is 4.98 Å². The second kappa shape index (κ2) is 5.49. The van der Waals surface area contributed by atoms with Gasteiger partial charge in [-0.15, -0.1) is 11.3 Å². The average Bonchev–Trinajstić information content (AvgIpc) is 3.01. The second-order valence-corrected chi connectivity index (χ2v) is 6.67. The van der Waals surface area contributed by atoms with Gasteiger partial charge < -0.3 is 5.32 Å². The molecule has 2 heterocycles. The number of thiazole rings is 1. The third-order valence-corrected chi connectivity index (χ3v) is 5.16. The first-order valence-electron chi connectivity index (χ1n) is 6.11.